The number of carbonyl (C=O) groups excluding carboxylic acids is 1. The zero-order valence-electron chi connectivity index (χ0n) is 14.6. The number of pyridine rings is 1. The Kier molecular flexibility index (Phi) is 4.31. The van der Waals surface area contributed by atoms with E-state index in [2.05, 4.69) is 9.88 Å². The number of ketones is 1. The summed E-state index contributed by atoms with van der Waals surface area (Å²) < 4.78 is 5.40. The summed E-state index contributed by atoms with van der Waals surface area (Å²) in [7, 11) is 0. The maximum atomic E-state index is 12.7. The second-order valence-corrected chi connectivity index (χ2v) is 6.45. The van der Waals surface area contributed by atoms with Crippen LogP contribution in [0.4, 0.5) is 5.82 Å². The molecule has 1 aliphatic rings. The first-order chi connectivity index (χ1) is 12.6. The molecule has 1 aromatic heterocycles. The van der Waals surface area contributed by atoms with E-state index in [1.54, 1.807) is 13.0 Å². The number of H-pyrrole nitrogens is 1. The number of ether oxygens (including phenoxy) is 1. The highest BCUT2D eigenvalue weighted by atomic mass is 16.5. The zero-order valence-corrected chi connectivity index (χ0v) is 14.6. The van der Waals surface area contributed by atoms with Crippen molar-refractivity contribution in [2.75, 3.05) is 31.2 Å². The summed E-state index contributed by atoms with van der Waals surface area (Å²) in [4.78, 5) is 30.3. The van der Waals surface area contributed by atoms with Crippen LogP contribution in [0.3, 0.4) is 0 Å². The Labute approximate surface area is 151 Å². The molecule has 3 aromatic rings. The number of nitrogens with zero attached hydrogens (tertiary/aromatic N) is 1. The average Bonchev–Trinajstić information content (AvgIpc) is 2.68. The molecule has 0 saturated carbocycles. The van der Waals surface area contributed by atoms with Gasteiger partial charge >= 0.3 is 0 Å². The van der Waals surface area contributed by atoms with Crippen LogP contribution < -0.4 is 10.3 Å². The van der Waals surface area contributed by atoms with Crippen molar-refractivity contribution in [3.8, 4) is 11.1 Å². The molecule has 1 aliphatic heterocycles. The first kappa shape index (κ1) is 16.5. The fraction of sp³-hybridized carbons (Fsp3) is 0.238. The number of para-hydroxylation sites is 1. The summed E-state index contributed by atoms with van der Waals surface area (Å²) in [6.45, 7) is 4.34. The van der Waals surface area contributed by atoms with Gasteiger partial charge in [-0.05, 0) is 18.6 Å². The number of nitrogens with one attached hydrogen (secondary N) is 1. The van der Waals surface area contributed by atoms with Crippen molar-refractivity contribution < 1.29 is 9.53 Å². The standard InChI is InChI=1S/C21H20N2O3/c1-14(24)15-5-2-3-6-16(15)17-7-4-8-18-19(25)13-20(22-21(17)18)23-9-11-26-12-10-23/h2-8,13H,9-12H2,1H3,(H,22,25). The SMILES string of the molecule is CC(=O)c1ccccc1-c1cccc2c(=O)cc(N3CCOCC3)[nH]c12. The normalized spacial score (nSPS) is 14.6. The number of hydrogen-bond acceptors (Lipinski definition) is 4. The van der Waals surface area contributed by atoms with Crippen molar-refractivity contribution in [1.29, 1.82) is 0 Å². The van der Waals surface area contributed by atoms with Crippen LogP contribution in [0, 0.1) is 0 Å². The molecule has 4 rings (SSSR count). The van der Waals surface area contributed by atoms with Crippen LogP contribution >= 0.6 is 0 Å². The van der Waals surface area contributed by atoms with E-state index in [9.17, 15) is 9.59 Å². The first-order valence-corrected chi connectivity index (χ1v) is 8.74. The minimum absolute atomic E-state index is 0.00397. The van der Waals surface area contributed by atoms with Gasteiger partial charge < -0.3 is 14.6 Å². The van der Waals surface area contributed by atoms with Crippen LogP contribution in [0.2, 0.25) is 0 Å². The number of carbonyl (C=O) groups is 1. The lowest BCUT2D eigenvalue weighted by atomic mass is 9.95. The molecule has 5 nitrogen and oxygen atoms in total. The number of Topliss-reactive ketones (excluding diaryl/α,β-unsaturated/α-hetero) is 1. The van der Waals surface area contributed by atoms with E-state index in [-0.39, 0.29) is 11.2 Å². The molecule has 0 unspecified atom stereocenters. The maximum absolute atomic E-state index is 12.7. The fourth-order valence-corrected chi connectivity index (χ4v) is 3.48. The molecule has 0 spiro atoms. The van der Waals surface area contributed by atoms with Crippen LogP contribution in [-0.4, -0.2) is 37.1 Å². The Hall–Kier alpha value is -2.92. The third-order valence-electron chi connectivity index (χ3n) is 4.80. The van der Waals surface area contributed by atoms with Crippen LogP contribution in [0.5, 0.6) is 0 Å². The lowest BCUT2D eigenvalue weighted by molar-refractivity contribution is 0.101. The second kappa shape index (κ2) is 6.77. The summed E-state index contributed by atoms with van der Waals surface area (Å²) in [6, 6.07) is 14.8. The number of aromatic nitrogens is 1. The summed E-state index contributed by atoms with van der Waals surface area (Å²) in [6.07, 6.45) is 0. The van der Waals surface area contributed by atoms with E-state index in [1.807, 2.05) is 42.5 Å². The molecule has 2 heterocycles. The van der Waals surface area contributed by atoms with Gasteiger partial charge in [0.15, 0.2) is 11.2 Å². The Bertz CT molecular complexity index is 1030. The summed E-state index contributed by atoms with van der Waals surface area (Å²) in [5.74, 6) is 0.794. The Balaban J connectivity index is 1.95. The molecule has 0 aliphatic carbocycles. The van der Waals surface area contributed by atoms with Gasteiger partial charge in [0.05, 0.1) is 18.7 Å². The van der Waals surface area contributed by atoms with Gasteiger partial charge in [0.25, 0.3) is 0 Å². The van der Waals surface area contributed by atoms with E-state index in [0.717, 1.165) is 35.6 Å². The summed E-state index contributed by atoms with van der Waals surface area (Å²) in [5, 5.41) is 0.623. The summed E-state index contributed by atoms with van der Waals surface area (Å²) >= 11 is 0. The Morgan fingerprint density at radius 3 is 2.54 bits per heavy atom. The van der Waals surface area contributed by atoms with E-state index < -0.39 is 0 Å². The molecule has 26 heavy (non-hydrogen) atoms. The van der Waals surface area contributed by atoms with E-state index in [4.69, 9.17) is 4.74 Å². The highest BCUT2D eigenvalue weighted by Gasteiger charge is 2.16. The molecule has 1 saturated heterocycles. The van der Waals surface area contributed by atoms with Crippen molar-refractivity contribution in [2.24, 2.45) is 0 Å². The number of fused-ring (bicyclic) bond motifs is 1. The van der Waals surface area contributed by atoms with Gasteiger partial charge in [-0.2, -0.15) is 0 Å². The topological polar surface area (TPSA) is 62.4 Å². The molecular formula is C21H20N2O3. The van der Waals surface area contributed by atoms with Gasteiger partial charge in [0.2, 0.25) is 0 Å². The number of hydrogen-bond donors (Lipinski definition) is 1. The van der Waals surface area contributed by atoms with E-state index in [1.165, 1.54) is 0 Å². The average molecular weight is 348 g/mol. The molecule has 2 aromatic carbocycles. The number of rotatable bonds is 3. The van der Waals surface area contributed by atoms with Crippen LogP contribution in [-0.2, 0) is 4.74 Å². The number of aromatic amines is 1. The highest BCUT2D eigenvalue weighted by Crippen LogP contribution is 2.30. The molecule has 1 fully saturated rings. The predicted octanol–water partition coefficient (Wildman–Crippen LogP) is 3.23. The molecule has 0 amide bonds. The Morgan fingerprint density at radius 2 is 1.77 bits per heavy atom. The fourth-order valence-electron chi connectivity index (χ4n) is 3.48. The molecule has 5 heteroatoms. The minimum atomic E-state index is -0.0256. The van der Waals surface area contributed by atoms with Gasteiger partial charge in [-0.1, -0.05) is 36.4 Å². The first-order valence-electron chi connectivity index (χ1n) is 8.74. The van der Waals surface area contributed by atoms with Crippen LogP contribution in [0.1, 0.15) is 17.3 Å². The quantitative estimate of drug-likeness (QED) is 0.738. The number of benzene rings is 2. The van der Waals surface area contributed by atoms with Gasteiger partial charge in [0.1, 0.15) is 5.82 Å². The number of anilines is 1. The molecule has 0 radical (unpaired) electrons. The molecule has 1 N–H and O–H groups in total. The third-order valence-corrected chi connectivity index (χ3v) is 4.80. The Morgan fingerprint density at radius 1 is 1.04 bits per heavy atom. The second-order valence-electron chi connectivity index (χ2n) is 6.45. The third kappa shape index (κ3) is 2.91. The van der Waals surface area contributed by atoms with Crippen LogP contribution in [0.25, 0.3) is 22.0 Å². The van der Waals surface area contributed by atoms with Crippen molar-refractivity contribution in [1.82, 2.24) is 4.98 Å². The summed E-state index contributed by atoms with van der Waals surface area (Å²) in [5.41, 5.74) is 3.08. The lowest BCUT2D eigenvalue weighted by Crippen LogP contribution is -2.37. The largest absolute Gasteiger partial charge is 0.378 e. The molecule has 132 valence electrons. The zero-order chi connectivity index (χ0) is 18.1. The van der Waals surface area contributed by atoms with Crippen molar-refractivity contribution >= 4 is 22.5 Å². The molecule has 0 atom stereocenters. The monoisotopic (exact) mass is 348 g/mol. The van der Waals surface area contributed by atoms with E-state index in [0.29, 0.717) is 24.2 Å². The van der Waals surface area contributed by atoms with Crippen molar-refractivity contribution in [3.63, 3.8) is 0 Å². The molecule has 0 bridgehead atoms. The minimum Gasteiger partial charge on any atom is -0.378 e. The van der Waals surface area contributed by atoms with Crippen molar-refractivity contribution in [3.05, 3.63) is 64.3 Å². The smallest absolute Gasteiger partial charge is 0.191 e. The maximum Gasteiger partial charge on any atom is 0.191 e. The predicted molar refractivity (Wildman–Crippen MR) is 103 cm³/mol. The molecular weight excluding hydrogens is 328 g/mol. The van der Waals surface area contributed by atoms with Gasteiger partial charge in [0, 0.05) is 35.7 Å². The van der Waals surface area contributed by atoms with Gasteiger partial charge in [-0.3, -0.25) is 9.59 Å². The highest BCUT2D eigenvalue weighted by molar-refractivity contribution is 6.05. The number of morpholine rings is 1. The van der Waals surface area contributed by atoms with E-state index >= 15 is 0 Å². The van der Waals surface area contributed by atoms with Crippen LogP contribution in [0.15, 0.2) is 53.3 Å². The lowest BCUT2D eigenvalue weighted by Gasteiger charge is -2.28. The van der Waals surface area contributed by atoms with Gasteiger partial charge in [-0.25, -0.2) is 0 Å². The van der Waals surface area contributed by atoms with Crippen molar-refractivity contribution in [2.45, 2.75) is 6.92 Å². The van der Waals surface area contributed by atoms with Gasteiger partial charge in [-0.15, -0.1) is 0 Å².